The number of hydrogen-bond donors (Lipinski definition) is 1. The molecule has 122 valence electrons. The number of halogens is 2. The van der Waals surface area contributed by atoms with Gasteiger partial charge < -0.3 is 5.73 Å². The zero-order valence-corrected chi connectivity index (χ0v) is 14.8. The molecule has 2 N–H and O–H groups in total. The van der Waals surface area contributed by atoms with Crippen molar-refractivity contribution < 1.29 is 8.42 Å². The van der Waals surface area contributed by atoms with E-state index in [4.69, 9.17) is 22.6 Å². The standard InChI is InChI=1S/C14H18ClN3O2S.ClH/c1-14(2)9-18(6-5-13(14)17)21(19,20)11-3-4-12(15)10(7-11)8-16;/h3-4,7,13H,5-6,9,17H2,1-2H3;1H. The molecule has 0 amide bonds. The average Bonchev–Trinajstić information content (AvgIpc) is 2.42. The highest BCUT2D eigenvalue weighted by Gasteiger charge is 2.38. The predicted molar refractivity (Wildman–Crippen MR) is 88.5 cm³/mol. The lowest BCUT2D eigenvalue weighted by molar-refractivity contribution is 0.155. The second-order valence-corrected chi connectivity index (χ2v) is 8.32. The van der Waals surface area contributed by atoms with Crippen molar-refractivity contribution in [2.75, 3.05) is 13.1 Å². The summed E-state index contributed by atoms with van der Waals surface area (Å²) in [6, 6.07) is 6.06. The van der Waals surface area contributed by atoms with E-state index in [1.54, 1.807) is 0 Å². The Balaban J connectivity index is 0.00000242. The highest BCUT2D eigenvalue weighted by Crippen LogP contribution is 2.32. The molecule has 0 spiro atoms. The van der Waals surface area contributed by atoms with Crippen molar-refractivity contribution in [2.24, 2.45) is 11.1 Å². The molecule has 0 bridgehead atoms. The van der Waals surface area contributed by atoms with E-state index in [1.807, 2.05) is 19.9 Å². The number of nitriles is 1. The molecule has 5 nitrogen and oxygen atoms in total. The lowest BCUT2D eigenvalue weighted by atomic mass is 9.81. The van der Waals surface area contributed by atoms with Gasteiger partial charge in [-0.25, -0.2) is 8.42 Å². The van der Waals surface area contributed by atoms with E-state index in [2.05, 4.69) is 0 Å². The third-order valence-electron chi connectivity index (χ3n) is 3.97. The number of nitrogens with two attached hydrogens (primary N) is 1. The Morgan fingerprint density at radius 3 is 2.64 bits per heavy atom. The van der Waals surface area contributed by atoms with Crippen LogP contribution in [0.4, 0.5) is 0 Å². The van der Waals surface area contributed by atoms with Gasteiger partial charge in [-0.1, -0.05) is 25.4 Å². The third-order valence-corrected chi connectivity index (χ3v) is 6.14. The van der Waals surface area contributed by atoms with E-state index in [0.717, 1.165) is 0 Å². The first-order chi connectivity index (χ1) is 9.68. The number of benzene rings is 1. The van der Waals surface area contributed by atoms with Gasteiger partial charge in [-0.3, -0.25) is 0 Å². The fraction of sp³-hybridized carbons (Fsp3) is 0.500. The van der Waals surface area contributed by atoms with E-state index in [-0.39, 0.29) is 39.3 Å². The van der Waals surface area contributed by atoms with Crippen LogP contribution < -0.4 is 5.73 Å². The summed E-state index contributed by atoms with van der Waals surface area (Å²) >= 11 is 5.85. The summed E-state index contributed by atoms with van der Waals surface area (Å²) < 4.78 is 26.8. The largest absolute Gasteiger partial charge is 0.327 e. The van der Waals surface area contributed by atoms with E-state index in [9.17, 15) is 8.42 Å². The number of rotatable bonds is 2. The molecule has 0 aromatic heterocycles. The molecule has 22 heavy (non-hydrogen) atoms. The maximum atomic E-state index is 12.7. The monoisotopic (exact) mass is 363 g/mol. The third kappa shape index (κ3) is 3.55. The zero-order valence-electron chi connectivity index (χ0n) is 12.4. The van der Waals surface area contributed by atoms with Gasteiger partial charge in [0.25, 0.3) is 0 Å². The normalized spacial score (nSPS) is 21.7. The molecule has 0 aliphatic carbocycles. The molecule has 1 aliphatic rings. The smallest absolute Gasteiger partial charge is 0.243 e. The van der Waals surface area contributed by atoms with Crippen molar-refractivity contribution in [3.05, 3.63) is 28.8 Å². The Hall–Kier alpha value is -0.840. The van der Waals surface area contributed by atoms with Crippen LogP contribution in [0.2, 0.25) is 5.02 Å². The van der Waals surface area contributed by atoms with Crippen molar-refractivity contribution in [1.82, 2.24) is 4.31 Å². The molecule has 1 saturated heterocycles. The van der Waals surface area contributed by atoms with Crippen LogP contribution in [0.5, 0.6) is 0 Å². The summed E-state index contributed by atoms with van der Waals surface area (Å²) in [5.41, 5.74) is 5.92. The summed E-state index contributed by atoms with van der Waals surface area (Å²) in [6.07, 6.45) is 0.616. The van der Waals surface area contributed by atoms with Gasteiger partial charge in [0, 0.05) is 19.1 Å². The second kappa shape index (κ2) is 6.73. The molecule has 0 saturated carbocycles. The maximum Gasteiger partial charge on any atom is 0.243 e. The molecule has 1 aromatic rings. The Morgan fingerprint density at radius 1 is 1.45 bits per heavy atom. The molecule has 8 heteroatoms. The zero-order chi connectivity index (χ0) is 15.8. The minimum Gasteiger partial charge on any atom is -0.327 e. The SMILES string of the molecule is CC1(C)CN(S(=O)(=O)c2ccc(Cl)c(C#N)c2)CCC1N.Cl. The first-order valence-electron chi connectivity index (χ1n) is 6.64. The lowest BCUT2D eigenvalue weighted by Crippen LogP contribution is -2.53. The van der Waals surface area contributed by atoms with Crippen LogP contribution >= 0.6 is 24.0 Å². The molecule has 1 aliphatic heterocycles. The number of piperidine rings is 1. The van der Waals surface area contributed by atoms with Crippen LogP contribution in [0.3, 0.4) is 0 Å². The van der Waals surface area contributed by atoms with Gasteiger partial charge in [0.15, 0.2) is 0 Å². The summed E-state index contributed by atoms with van der Waals surface area (Å²) in [5, 5.41) is 9.22. The van der Waals surface area contributed by atoms with Crippen molar-refractivity contribution in [3.63, 3.8) is 0 Å². The van der Waals surface area contributed by atoms with E-state index >= 15 is 0 Å². The number of sulfonamides is 1. The van der Waals surface area contributed by atoms with Gasteiger partial charge in [-0.15, -0.1) is 12.4 Å². The molecular weight excluding hydrogens is 345 g/mol. The first kappa shape index (κ1) is 19.2. The Bertz CT molecular complexity index is 699. The van der Waals surface area contributed by atoms with Gasteiger partial charge in [-0.2, -0.15) is 9.57 Å². The summed E-state index contributed by atoms with van der Waals surface area (Å²) in [6.45, 7) is 4.67. The van der Waals surface area contributed by atoms with Crippen molar-refractivity contribution in [2.45, 2.75) is 31.2 Å². The first-order valence-corrected chi connectivity index (χ1v) is 8.45. The summed E-state index contributed by atoms with van der Waals surface area (Å²) in [4.78, 5) is 0.0923. The fourth-order valence-electron chi connectivity index (χ4n) is 2.43. The Kier molecular flexibility index (Phi) is 5.88. The molecular formula is C14H19Cl2N3O2S. The highest BCUT2D eigenvalue weighted by molar-refractivity contribution is 7.89. The maximum absolute atomic E-state index is 12.7. The molecule has 1 heterocycles. The van der Waals surface area contributed by atoms with Crippen LogP contribution in [-0.4, -0.2) is 31.9 Å². The predicted octanol–water partition coefficient (Wildman–Crippen LogP) is 2.38. The number of hydrogen-bond acceptors (Lipinski definition) is 4. The molecule has 1 atom stereocenters. The van der Waals surface area contributed by atoms with Crippen molar-refractivity contribution >= 4 is 34.0 Å². The van der Waals surface area contributed by atoms with Crippen molar-refractivity contribution in [1.29, 1.82) is 5.26 Å². The second-order valence-electron chi connectivity index (χ2n) is 5.98. The molecule has 1 fully saturated rings. The fourth-order valence-corrected chi connectivity index (χ4v) is 4.24. The lowest BCUT2D eigenvalue weighted by Gasteiger charge is -2.41. The highest BCUT2D eigenvalue weighted by atomic mass is 35.5. The van der Waals surface area contributed by atoms with Gasteiger partial charge in [0.1, 0.15) is 6.07 Å². The molecule has 0 radical (unpaired) electrons. The average molecular weight is 364 g/mol. The molecule has 1 aromatic carbocycles. The Morgan fingerprint density at radius 2 is 2.09 bits per heavy atom. The van der Waals surface area contributed by atoms with Gasteiger partial charge in [0.2, 0.25) is 10.0 Å². The van der Waals surface area contributed by atoms with E-state index in [0.29, 0.717) is 19.5 Å². The Labute approximate surface area is 142 Å². The summed E-state index contributed by atoms with van der Waals surface area (Å²) in [5.74, 6) is 0. The molecule has 2 rings (SSSR count). The molecule has 1 unspecified atom stereocenters. The van der Waals surface area contributed by atoms with E-state index in [1.165, 1.54) is 22.5 Å². The van der Waals surface area contributed by atoms with Crippen LogP contribution in [-0.2, 0) is 10.0 Å². The van der Waals surface area contributed by atoms with Crippen LogP contribution in [0.25, 0.3) is 0 Å². The van der Waals surface area contributed by atoms with Crippen LogP contribution in [0.15, 0.2) is 23.1 Å². The van der Waals surface area contributed by atoms with Gasteiger partial charge >= 0.3 is 0 Å². The minimum atomic E-state index is -3.64. The minimum absolute atomic E-state index is 0. The van der Waals surface area contributed by atoms with E-state index < -0.39 is 10.0 Å². The number of nitrogens with zero attached hydrogens (tertiary/aromatic N) is 2. The quantitative estimate of drug-likeness (QED) is 0.873. The van der Waals surface area contributed by atoms with Gasteiger partial charge in [-0.05, 0) is 30.0 Å². The van der Waals surface area contributed by atoms with Crippen LogP contribution in [0.1, 0.15) is 25.8 Å². The van der Waals surface area contributed by atoms with Crippen molar-refractivity contribution in [3.8, 4) is 6.07 Å². The van der Waals surface area contributed by atoms with Gasteiger partial charge in [0.05, 0.1) is 15.5 Å². The topological polar surface area (TPSA) is 87.2 Å². The van der Waals surface area contributed by atoms with Crippen LogP contribution in [0, 0.1) is 16.7 Å². The summed E-state index contributed by atoms with van der Waals surface area (Å²) in [7, 11) is -3.64.